The van der Waals surface area contributed by atoms with Crippen molar-refractivity contribution in [2.24, 2.45) is 0 Å². The topological polar surface area (TPSA) is 57.7 Å². The molecule has 0 radical (unpaired) electrons. The van der Waals surface area contributed by atoms with E-state index in [1.807, 2.05) is 0 Å². The molecule has 0 spiro atoms. The zero-order valence-corrected chi connectivity index (χ0v) is 14.8. The van der Waals surface area contributed by atoms with Gasteiger partial charge in [0.25, 0.3) is 0 Å². The molecule has 7 heteroatoms. The van der Waals surface area contributed by atoms with Crippen LogP contribution < -0.4 is 4.90 Å². The summed E-state index contributed by atoms with van der Waals surface area (Å²) in [6, 6.07) is 11.8. The summed E-state index contributed by atoms with van der Waals surface area (Å²) in [4.78, 5) is 14.3. The van der Waals surface area contributed by atoms with E-state index in [1.54, 1.807) is 44.2 Å². The Bertz CT molecular complexity index is 900. The second-order valence-corrected chi connectivity index (χ2v) is 7.92. The summed E-state index contributed by atoms with van der Waals surface area (Å²) in [6.45, 7) is 3.53. The summed E-state index contributed by atoms with van der Waals surface area (Å²) in [5.41, 5.74) is 0.936. The second kappa shape index (κ2) is 6.57. The van der Waals surface area contributed by atoms with Crippen LogP contribution in [-0.4, -0.2) is 37.8 Å². The van der Waals surface area contributed by atoms with Gasteiger partial charge < -0.3 is 4.90 Å². The molecule has 0 aliphatic carbocycles. The lowest BCUT2D eigenvalue weighted by Crippen LogP contribution is -2.57. The first-order chi connectivity index (χ1) is 11.8. The number of amides is 1. The molecule has 0 bridgehead atoms. The molecule has 1 atom stereocenters. The SMILES string of the molecule is Cc1ccc(N2CCN(S(=O)(=O)c3ccccc3)C(C)C2=O)cc1F. The predicted molar refractivity (Wildman–Crippen MR) is 93.3 cm³/mol. The third-order valence-electron chi connectivity index (χ3n) is 4.42. The molecule has 3 rings (SSSR count). The molecular formula is C18H19FN2O3S. The summed E-state index contributed by atoms with van der Waals surface area (Å²) in [6.07, 6.45) is 0. The first-order valence-electron chi connectivity index (χ1n) is 7.97. The van der Waals surface area contributed by atoms with Gasteiger partial charge in [-0.3, -0.25) is 4.79 Å². The van der Waals surface area contributed by atoms with Crippen molar-refractivity contribution in [1.82, 2.24) is 4.31 Å². The van der Waals surface area contributed by atoms with Gasteiger partial charge in [-0.2, -0.15) is 4.31 Å². The molecule has 1 heterocycles. The summed E-state index contributed by atoms with van der Waals surface area (Å²) in [5.74, 6) is -0.758. The quantitative estimate of drug-likeness (QED) is 0.843. The number of carbonyl (C=O) groups excluding carboxylic acids is 1. The van der Waals surface area contributed by atoms with Crippen molar-refractivity contribution in [2.45, 2.75) is 24.8 Å². The number of anilines is 1. The molecule has 1 aliphatic heterocycles. The molecule has 2 aromatic rings. The molecule has 0 aromatic heterocycles. The van der Waals surface area contributed by atoms with Crippen molar-refractivity contribution in [3.8, 4) is 0 Å². The molecule has 25 heavy (non-hydrogen) atoms. The van der Waals surface area contributed by atoms with E-state index in [0.29, 0.717) is 11.3 Å². The molecule has 1 amide bonds. The van der Waals surface area contributed by atoms with Crippen LogP contribution in [0.4, 0.5) is 10.1 Å². The highest BCUT2D eigenvalue weighted by atomic mass is 32.2. The van der Waals surface area contributed by atoms with Crippen LogP contribution in [0, 0.1) is 12.7 Å². The molecule has 1 unspecified atom stereocenters. The summed E-state index contributed by atoms with van der Waals surface area (Å²) in [7, 11) is -3.75. The Morgan fingerprint density at radius 2 is 1.76 bits per heavy atom. The van der Waals surface area contributed by atoms with Crippen LogP contribution in [0.3, 0.4) is 0 Å². The van der Waals surface area contributed by atoms with Crippen molar-refractivity contribution in [2.75, 3.05) is 18.0 Å². The highest BCUT2D eigenvalue weighted by Gasteiger charge is 2.39. The number of nitrogens with zero attached hydrogens (tertiary/aromatic N) is 2. The van der Waals surface area contributed by atoms with Crippen molar-refractivity contribution in [3.05, 3.63) is 59.9 Å². The van der Waals surface area contributed by atoms with Crippen molar-refractivity contribution >= 4 is 21.6 Å². The van der Waals surface area contributed by atoms with E-state index in [1.165, 1.54) is 27.4 Å². The number of rotatable bonds is 3. The Kier molecular flexibility index (Phi) is 4.62. The predicted octanol–water partition coefficient (Wildman–Crippen LogP) is 2.56. The first-order valence-corrected chi connectivity index (χ1v) is 9.41. The van der Waals surface area contributed by atoms with Gasteiger partial charge in [0.2, 0.25) is 15.9 Å². The maximum absolute atomic E-state index is 13.8. The van der Waals surface area contributed by atoms with Gasteiger partial charge in [0.05, 0.1) is 4.90 Å². The lowest BCUT2D eigenvalue weighted by Gasteiger charge is -2.38. The number of sulfonamides is 1. The van der Waals surface area contributed by atoms with E-state index in [0.717, 1.165) is 0 Å². The zero-order valence-electron chi connectivity index (χ0n) is 14.0. The number of aryl methyl sites for hydroxylation is 1. The van der Waals surface area contributed by atoms with Crippen LogP contribution in [0.5, 0.6) is 0 Å². The van der Waals surface area contributed by atoms with Gasteiger partial charge in [-0.1, -0.05) is 24.3 Å². The van der Waals surface area contributed by atoms with Gasteiger partial charge in [0.1, 0.15) is 11.9 Å². The van der Waals surface area contributed by atoms with E-state index < -0.39 is 21.9 Å². The second-order valence-electron chi connectivity index (χ2n) is 6.03. The van der Waals surface area contributed by atoms with Crippen molar-refractivity contribution in [3.63, 3.8) is 0 Å². The van der Waals surface area contributed by atoms with Crippen LogP contribution in [0.25, 0.3) is 0 Å². The van der Waals surface area contributed by atoms with Gasteiger partial charge in [0, 0.05) is 18.8 Å². The molecule has 1 fully saturated rings. The highest BCUT2D eigenvalue weighted by Crippen LogP contribution is 2.26. The van der Waals surface area contributed by atoms with Crippen LogP contribution in [0.15, 0.2) is 53.4 Å². The molecule has 2 aromatic carbocycles. The minimum absolute atomic E-state index is 0.152. The molecule has 132 valence electrons. The van der Waals surface area contributed by atoms with Crippen molar-refractivity contribution < 1.29 is 17.6 Å². The number of benzene rings is 2. The van der Waals surface area contributed by atoms with Gasteiger partial charge in [-0.05, 0) is 43.7 Å². The average molecular weight is 362 g/mol. The Balaban J connectivity index is 1.88. The van der Waals surface area contributed by atoms with E-state index in [-0.39, 0.29) is 23.9 Å². The number of hydrogen-bond donors (Lipinski definition) is 0. The van der Waals surface area contributed by atoms with Crippen LogP contribution in [0.1, 0.15) is 12.5 Å². The summed E-state index contributed by atoms with van der Waals surface area (Å²) >= 11 is 0. The monoisotopic (exact) mass is 362 g/mol. The molecule has 1 saturated heterocycles. The van der Waals surface area contributed by atoms with Gasteiger partial charge in [-0.15, -0.1) is 0 Å². The summed E-state index contributed by atoms with van der Waals surface area (Å²) in [5, 5.41) is 0. The van der Waals surface area contributed by atoms with E-state index in [2.05, 4.69) is 0 Å². The van der Waals surface area contributed by atoms with Gasteiger partial charge in [0.15, 0.2) is 0 Å². The number of hydrogen-bond acceptors (Lipinski definition) is 3. The minimum Gasteiger partial charge on any atom is -0.310 e. The third-order valence-corrected chi connectivity index (χ3v) is 6.40. The number of piperazine rings is 1. The molecule has 1 aliphatic rings. The lowest BCUT2D eigenvalue weighted by atomic mass is 10.1. The minimum atomic E-state index is -3.75. The van der Waals surface area contributed by atoms with Crippen LogP contribution >= 0.6 is 0 Å². The first kappa shape index (κ1) is 17.6. The fraction of sp³-hybridized carbons (Fsp3) is 0.278. The number of carbonyl (C=O) groups is 1. The fourth-order valence-electron chi connectivity index (χ4n) is 2.91. The standard InChI is InChI=1S/C18H19FN2O3S/c1-13-8-9-15(12-17(13)19)20-10-11-21(14(2)18(20)22)25(23,24)16-6-4-3-5-7-16/h3-9,12,14H,10-11H2,1-2H3. The highest BCUT2D eigenvalue weighted by molar-refractivity contribution is 7.89. The summed E-state index contributed by atoms with van der Waals surface area (Å²) < 4.78 is 40.6. The van der Waals surface area contributed by atoms with Crippen LogP contribution in [0.2, 0.25) is 0 Å². The van der Waals surface area contributed by atoms with E-state index in [9.17, 15) is 17.6 Å². The number of halogens is 1. The van der Waals surface area contributed by atoms with Gasteiger partial charge in [-0.25, -0.2) is 12.8 Å². The Morgan fingerprint density at radius 1 is 1.08 bits per heavy atom. The zero-order chi connectivity index (χ0) is 18.2. The Labute approximate surface area is 146 Å². The van der Waals surface area contributed by atoms with Gasteiger partial charge >= 0.3 is 0 Å². The van der Waals surface area contributed by atoms with E-state index in [4.69, 9.17) is 0 Å². The Morgan fingerprint density at radius 3 is 2.40 bits per heavy atom. The smallest absolute Gasteiger partial charge is 0.245 e. The third kappa shape index (κ3) is 3.17. The lowest BCUT2D eigenvalue weighted by molar-refractivity contribution is -0.123. The largest absolute Gasteiger partial charge is 0.310 e. The van der Waals surface area contributed by atoms with E-state index >= 15 is 0 Å². The normalized spacial score (nSPS) is 19.2. The Hall–Kier alpha value is -2.25. The molecular weight excluding hydrogens is 343 g/mol. The molecule has 0 saturated carbocycles. The van der Waals surface area contributed by atoms with Crippen LogP contribution in [-0.2, 0) is 14.8 Å². The fourth-order valence-corrected chi connectivity index (χ4v) is 4.51. The molecule has 5 nitrogen and oxygen atoms in total. The molecule has 0 N–H and O–H groups in total. The van der Waals surface area contributed by atoms with Crippen molar-refractivity contribution in [1.29, 1.82) is 0 Å². The maximum atomic E-state index is 13.8. The average Bonchev–Trinajstić information content (AvgIpc) is 2.60. The maximum Gasteiger partial charge on any atom is 0.245 e.